The number of carbonyl (C=O) groups excluding carboxylic acids is 3. The van der Waals surface area contributed by atoms with Gasteiger partial charge in [-0.15, -0.1) is 0 Å². The Labute approximate surface area is 164 Å². The molecule has 0 fully saturated rings. The number of nitrogens with two attached hydrogens (primary N) is 1. The third-order valence-electron chi connectivity index (χ3n) is 3.80. The second kappa shape index (κ2) is 9.09. The Morgan fingerprint density at radius 3 is 2.28 bits per heavy atom. The summed E-state index contributed by atoms with van der Waals surface area (Å²) < 4.78 is 44.0. The van der Waals surface area contributed by atoms with Gasteiger partial charge in [0.15, 0.2) is 6.10 Å². The van der Waals surface area contributed by atoms with Gasteiger partial charge in [0.2, 0.25) is 0 Å². The number of halogens is 3. The van der Waals surface area contributed by atoms with Crippen molar-refractivity contribution in [3.05, 3.63) is 65.2 Å². The second-order valence-electron chi connectivity index (χ2n) is 5.99. The number of alkyl halides is 3. The van der Waals surface area contributed by atoms with E-state index in [1.807, 2.05) is 0 Å². The molecule has 4 N–H and O–H groups in total. The molecule has 2 aromatic carbocycles. The lowest BCUT2D eigenvalue weighted by Crippen LogP contribution is -2.30. The lowest BCUT2D eigenvalue weighted by molar-refractivity contribution is -0.137. The molecule has 3 amide bonds. The third-order valence-corrected chi connectivity index (χ3v) is 3.80. The van der Waals surface area contributed by atoms with E-state index in [1.165, 1.54) is 31.2 Å². The summed E-state index contributed by atoms with van der Waals surface area (Å²) in [6, 6.07) is 9.73. The molecule has 2 rings (SSSR count). The quantitative estimate of drug-likeness (QED) is 0.637. The van der Waals surface area contributed by atoms with Crippen LogP contribution < -0.4 is 16.4 Å². The van der Waals surface area contributed by atoms with Crippen molar-refractivity contribution in [3.63, 3.8) is 0 Å². The highest BCUT2D eigenvalue weighted by atomic mass is 19.4. The van der Waals surface area contributed by atoms with Crippen molar-refractivity contribution in [1.29, 1.82) is 0 Å². The maximum atomic E-state index is 13.0. The minimum atomic E-state index is -4.64. The second-order valence-corrected chi connectivity index (χ2v) is 5.99. The summed E-state index contributed by atoms with van der Waals surface area (Å²) in [4.78, 5) is 35.0. The predicted molar refractivity (Wildman–Crippen MR) is 97.8 cm³/mol. The molecule has 0 aliphatic heterocycles. The van der Waals surface area contributed by atoms with Crippen molar-refractivity contribution in [2.75, 3.05) is 5.32 Å². The number of ether oxygens (including phenoxy) is 1. The van der Waals surface area contributed by atoms with Crippen LogP contribution in [0.4, 0.5) is 23.7 Å². The van der Waals surface area contributed by atoms with E-state index >= 15 is 0 Å². The maximum Gasteiger partial charge on any atom is 0.418 e. The van der Waals surface area contributed by atoms with Crippen molar-refractivity contribution in [3.8, 4) is 0 Å². The summed E-state index contributed by atoms with van der Waals surface area (Å²) in [5.41, 5.74) is 4.33. The van der Waals surface area contributed by atoms with Gasteiger partial charge < -0.3 is 21.1 Å². The van der Waals surface area contributed by atoms with Crippen LogP contribution in [0.2, 0.25) is 0 Å². The Morgan fingerprint density at radius 2 is 1.69 bits per heavy atom. The number of rotatable bonds is 6. The Balaban J connectivity index is 1.99. The zero-order valence-corrected chi connectivity index (χ0v) is 15.2. The molecule has 0 bridgehead atoms. The fraction of sp³-hybridized carbons (Fsp3) is 0.211. The first kappa shape index (κ1) is 21.7. The molecule has 0 aliphatic rings. The van der Waals surface area contributed by atoms with Gasteiger partial charge in [-0.1, -0.05) is 24.3 Å². The number of carbonyl (C=O) groups is 3. The highest BCUT2D eigenvalue weighted by Gasteiger charge is 2.34. The topological polar surface area (TPSA) is 111 Å². The van der Waals surface area contributed by atoms with Gasteiger partial charge in [-0.05, 0) is 36.8 Å². The Morgan fingerprint density at radius 1 is 1.07 bits per heavy atom. The Kier molecular flexibility index (Phi) is 6.81. The number of esters is 1. The van der Waals surface area contributed by atoms with E-state index in [9.17, 15) is 27.6 Å². The molecule has 154 valence electrons. The molecule has 1 unspecified atom stereocenters. The molecule has 0 saturated heterocycles. The van der Waals surface area contributed by atoms with Crippen molar-refractivity contribution in [2.45, 2.75) is 25.7 Å². The van der Waals surface area contributed by atoms with Gasteiger partial charge in [0.25, 0.3) is 5.91 Å². The molecular formula is C19H18F3N3O4. The number of anilines is 1. The summed E-state index contributed by atoms with van der Waals surface area (Å²) in [7, 11) is 0. The molecule has 0 aromatic heterocycles. The fourth-order valence-corrected chi connectivity index (χ4v) is 2.30. The summed E-state index contributed by atoms with van der Waals surface area (Å²) in [5.74, 6) is -1.73. The van der Waals surface area contributed by atoms with Crippen LogP contribution in [0.3, 0.4) is 0 Å². The first-order chi connectivity index (χ1) is 13.6. The molecule has 0 aliphatic carbocycles. The molecule has 0 heterocycles. The normalized spacial score (nSPS) is 12.0. The van der Waals surface area contributed by atoms with Crippen LogP contribution >= 0.6 is 0 Å². The number of urea groups is 1. The number of hydrogen-bond donors (Lipinski definition) is 3. The zero-order valence-electron chi connectivity index (χ0n) is 15.2. The molecular weight excluding hydrogens is 391 g/mol. The number of benzene rings is 2. The van der Waals surface area contributed by atoms with Crippen LogP contribution in [-0.4, -0.2) is 24.0 Å². The highest BCUT2D eigenvalue weighted by molar-refractivity contribution is 5.97. The van der Waals surface area contributed by atoms with E-state index in [0.29, 0.717) is 5.56 Å². The van der Waals surface area contributed by atoms with Gasteiger partial charge in [0.05, 0.1) is 16.8 Å². The molecule has 29 heavy (non-hydrogen) atoms. The maximum absolute atomic E-state index is 13.0. The average molecular weight is 409 g/mol. The van der Waals surface area contributed by atoms with Crippen LogP contribution in [0.5, 0.6) is 0 Å². The fourth-order valence-electron chi connectivity index (χ4n) is 2.30. The average Bonchev–Trinajstić information content (AvgIpc) is 2.66. The molecule has 10 heteroatoms. The Bertz CT molecular complexity index is 898. The van der Waals surface area contributed by atoms with E-state index in [0.717, 1.165) is 12.1 Å². The summed E-state index contributed by atoms with van der Waals surface area (Å²) >= 11 is 0. The van der Waals surface area contributed by atoms with Crippen LogP contribution in [0.1, 0.15) is 28.4 Å². The van der Waals surface area contributed by atoms with Crippen molar-refractivity contribution in [2.24, 2.45) is 5.73 Å². The molecule has 1 atom stereocenters. The van der Waals surface area contributed by atoms with Crippen LogP contribution in [-0.2, 0) is 22.3 Å². The zero-order chi connectivity index (χ0) is 21.6. The third kappa shape index (κ3) is 6.23. The molecule has 2 aromatic rings. The number of hydrogen-bond acceptors (Lipinski definition) is 4. The smallest absolute Gasteiger partial charge is 0.418 e. The molecule has 7 nitrogen and oxygen atoms in total. The first-order valence-electron chi connectivity index (χ1n) is 8.38. The van der Waals surface area contributed by atoms with Gasteiger partial charge in [0.1, 0.15) is 0 Å². The Hall–Kier alpha value is -3.56. The lowest BCUT2D eigenvalue weighted by atomic mass is 10.1. The summed E-state index contributed by atoms with van der Waals surface area (Å²) in [5, 5.41) is 4.51. The number of primary amides is 1. The van der Waals surface area contributed by atoms with E-state index in [1.54, 1.807) is 12.1 Å². The van der Waals surface area contributed by atoms with E-state index in [-0.39, 0.29) is 12.1 Å². The predicted octanol–water partition coefficient (Wildman–Crippen LogP) is 3.06. The van der Waals surface area contributed by atoms with Crippen molar-refractivity contribution < 1.29 is 32.3 Å². The minimum Gasteiger partial charge on any atom is -0.449 e. The van der Waals surface area contributed by atoms with Gasteiger partial charge in [-0.3, -0.25) is 4.79 Å². The van der Waals surface area contributed by atoms with Gasteiger partial charge in [-0.2, -0.15) is 13.2 Å². The van der Waals surface area contributed by atoms with E-state index in [2.05, 4.69) is 10.6 Å². The van der Waals surface area contributed by atoms with Crippen LogP contribution in [0, 0.1) is 0 Å². The standard InChI is InChI=1S/C19H18F3N3O4/c1-11(16(26)25-15-5-3-2-4-14(15)19(20,21)22)29-17(27)13-8-6-12(7-9-13)10-24-18(23)28/h2-9,11H,10H2,1H3,(H,25,26)(H3,23,24,28). The number of amides is 3. The van der Waals surface area contributed by atoms with Crippen LogP contribution in [0.15, 0.2) is 48.5 Å². The lowest BCUT2D eigenvalue weighted by Gasteiger charge is -2.17. The van der Waals surface area contributed by atoms with Crippen molar-refractivity contribution >= 4 is 23.6 Å². The monoisotopic (exact) mass is 409 g/mol. The van der Waals surface area contributed by atoms with Gasteiger partial charge >= 0.3 is 18.2 Å². The number of nitrogens with one attached hydrogen (secondary N) is 2. The SMILES string of the molecule is CC(OC(=O)c1ccc(CNC(N)=O)cc1)C(=O)Nc1ccccc1C(F)(F)F. The largest absolute Gasteiger partial charge is 0.449 e. The molecule has 0 radical (unpaired) electrons. The van der Waals surface area contributed by atoms with E-state index < -0.39 is 41.4 Å². The van der Waals surface area contributed by atoms with Gasteiger partial charge in [0, 0.05) is 6.54 Å². The number of para-hydroxylation sites is 1. The molecule has 0 saturated carbocycles. The van der Waals surface area contributed by atoms with Crippen LogP contribution in [0.25, 0.3) is 0 Å². The highest BCUT2D eigenvalue weighted by Crippen LogP contribution is 2.34. The summed E-state index contributed by atoms with van der Waals surface area (Å²) in [6.07, 6.45) is -5.98. The summed E-state index contributed by atoms with van der Waals surface area (Å²) in [6.45, 7) is 1.41. The van der Waals surface area contributed by atoms with Gasteiger partial charge in [-0.25, -0.2) is 9.59 Å². The first-order valence-corrected chi connectivity index (χ1v) is 8.38. The van der Waals surface area contributed by atoms with E-state index in [4.69, 9.17) is 10.5 Å². The van der Waals surface area contributed by atoms with Crippen molar-refractivity contribution in [1.82, 2.24) is 5.32 Å². The molecule has 0 spiro atoms. The minimum absolute atomic E-state index is 0.128.